The third kappa shape index (κ3) is 11.2. The summed E-state index contributed by atoms with van der Waals surface area (Å²) in [4.78, 5) is 107. The number of nitrogens with two attached hydrogens (primary N) is 1. The fraction of sp³-hybridized carbons (Fsp3) is 0.259. The molecule has 9 heterocycles. The lowest BCUT2D eigenvalue weighted by atomic mass is 9.90. The molecule has 9 aromatic rings. The Balaban J connectivity index is 1.02. The first-order chi connectivity index (χ1) is 38.6. The number of thiazole rings is 6. The van der Waals surface area contributed by atoms with E-state index in [4.69, 9.17) is 30.7 Å². The molecule has 8 N–H and O–H groups in total. The van der Waals surface area contributed by atoms with Crippen LogP contribution in [0.2, 0.25) is 0 Å². The minimum absolute atomic E-state index is 0.00592. The van der Waals surface area contributed by atoms with Crippen molar-refractivity contribution in [3.05, 3.63) is 147 Å². The van der Waals surface area contributed by atoms with Crippen molar-refractivity contribution in [2.75, 3.05) is 6.54 Å². The van der Waals surface area contributed by atoms with Crippen LogP contribution in [0.15, 0.2) is 93.6 Å². The number of ketones is 1. The van der Waals surface area contributed by atoms with Gasteiger partial charge in [0.2, 0.25) is 11.8 Å². The number of phenols is 1. The first-order valence-corrected chi connectivity index (χ1v) is 30.1. The van der Waals surface area contributed by atoms with Crippen molar-refractivity contribution in [3.8, 4) is 49.1 Å². The largest absolute Gasteiger partial charge is 0.508 e. The third-order valence-electron chi connectivity index (χ3n) is 13.7. The number of hydrogen-bond donors (Lipinski definition) is 7. The zero-order chi connectivity index (χ0) is 55.9. The normalized spacial score (nSPS) is 20.2. The topological polar surface area (TPSA) is 310 Å². The lowest BCUT2D eigenvalue weighted by Crippen LogP contribution is -2.50. The summed E-state index contributed by atoms with van der Waals surface area (Å²) in [5.74, 6) is -4.56. The fourth-order valence-electron chi connectivity index (χ4n) is 9.56. The highest BCUT2D eigenvalue weighted by atomic mass is 32.1. The number of carbonyl (C=O) groups is 5. The Morgan fingerprint density at radius 3 is 2.11 bits per heavy atom. The van der Waals surface area contributed by atoms with Crippen LogP contribution in [0.1, 0.15) is 112 Å². The predicted octanol–water partition coefficient (Wildman–Crippen LogP) is 7.67. The van der Waals surface area contributed by atoms with Crippen LogP contribution in [0.3, 0.4) is 0 Å². The number of aromatic hydroxyl groups is 1. The summed E-state index contributed by atoms with van der Waals surface area (Å²) in [5, 5.41) is 60.1. The summed E-state index contributed by atoms with van der Waals surface area (Å²) < 4.78 is 0. The van der Waals surface area contributed by atoms with Crippen molar-refractivity contribution in [2.24, 2.45) is 11.7 Å². The Labute approximate surface area is 479 Å². The molecule has 11 rings (SSSR count). The molecule has 1 fully saturated rings. The van der Waals surface area contributed by atoms with Gasteiger partial charge in [0.25, 0.3) is 11.8 Å². The number of nitrogens with one attached hydrogen (secondary N) is 2. The quantitative estimate of drug-likeness (QED) is 0.0767. The van der Waals surface area contributed by atoms with Crippen LogP contribution in [0, 0.1) is 12.8 Å². The molecule has 0 spiro atoms. The zero-order valence-corrected chi connectivity index (χ0v) is 47.1. The second kappa shape index (κ2) is 23.0. The molecule has 4 amide bonds. The number of rotatable bonds is 8. The second-order valence-electron chi connectivity index (χ2n) is 19.1. The second-order valence-corrected chi connectivity index (χ2v) is 24.7. The Bertz CT molecular complexity index is 3800. The highest BCUT2D eigenvalue weighted by Crippen LogP contribution is 2.43. The van der Waals surface area contributed by atoms with Gasteiger partial charge in [0.1, 0.15) is 71.0 Å². The first kappa shape index (κ1) is 54.6. The van der Waals surface area contributed by atoms with Crippen molar-refractivity contribution < 1.29 is 44.4 Å². The predicted molar refractivity (Wildman–Crippen MR) is 303 cm³/mol. The van der Waals surface area contributed by atoms with Crippen LogP contribution in [0.25, 0.3) is 43.4 Å². The number of benzene rings is 2. The number of hydrogen-bond acceptors (Lipinski definition) is 22. The van der Waals surface area contributed by atoms with E-state index < -0.39 is 71.6 Å². The molecule has 0 unspecified atom stereocenters. The van der Waals surface area contributed by atoms with Gasteiger partial charge in [0.15, 0.2) is 5.78 Å². The van der Waals surface area contributed by atoms with Gasteiger partial charge in [0, 0.05) is 68.6 Å². The van der Waals surface area contributed by atoms with E-state index in [0.29, 0.717) is 70.1 Å². The Morgan fingerprint density at radius 1 is 0.713 bits per heavy atom. The van der Waals surface area contributed by atoms with E-state index in [2.05, 4.69) is 20.6 Å². The lowest BCUT2D eigenvalue weighted by Gasteiger charge is -2.29. The number of primary amides is 1. The number of Topliss-reactive ketones (excluding diaryl/α,β-unsaturated/α-hetero) is 1. The molecule has 408 valence electrons. The Kier molecular flexibility index (Phi) is 15.7. The SMILES string of the molecule is Cc1sc2nc1C(=O)C[C@@H]([C@H](O)c1ccccc1)c1nc(cs1)C(=O)N[C@@H](Cc1ccc(O)cc1)C(=O)N1C[C@H](O)[C@H](C)[C@H]1c1nc(cs1)-c1nc(cs1)-c1nc(-c3nc(CO)cs3)ccc1-c1nc(cs1)C(=O)N[C@H]2CC(N)=O. The van der Waals surface area contributed by atoms with Crippen LogP contribution in [-0.2, 0) is 22.6 Å². The van der Waals surface area contributed by atoms with Crippen molar-refractivity contribution in [1.29, 1.82) is 0 Å². The van der Waals surface area contributed by atoms with E-state index in [0.717, 1.165) is 22.7 Å². The number of phenolic OH excluding ortho intramolecular Hbond substituents is 1. The van der Waals surface area contributed by atoms with Crippen LogP contribution in [0.4, 0.5) is 0 Å². The summed E-state index contributed by atoms with van der Waals surface area (Å²) in [7, 11) is 0. The summed E-state index contributed by atoms with van der Waals surface area (Å²) in [5.41, 5.74) is 9.70. The van der Waals surface area contributed by atoms with Gasteiger partial charge in [-0.3, -0.25) is 24.0 Å². The maximum atomic E-state index is 15.1. The highest BCUT2D eigenvalue weighted by molar-refractivity contribution is 7.15. The minimum atomic E-state index is -1.29. The van der Waals surface area contributed by atoms with Gasteiger partial charge in [-0.05, 0) is 42.3 Å². The van der Waals surface area contributed by atoms with E-state index in [1.54, 1.807) is 72.3 Å². The first-order valence-electron chi connectivity index (χ1n) is 24.9. The molecular formula is C54H47N11O9S6. The summed E-state index contributed by atoms with van der Waals surface area (Å²) >= 11 is 7.24. The maximum Gasteiger partial charge on any atom is 0.271 e. The smallest absolute Gasteiger partial charge is 0.271 e. The van der Waals surface area contributed by atoms with Gasteiger partial charge in [0.05, 0.1) is 53.7 Å². The molecule has 10 bridgehead atoms. The van der Waals surface area contributed by atoms with E-state index in [1.165, 1.54) is 67.8 Å². The number of carbonyl (C=O) groups excluding carboxylic acids is 5. The van der Waals surface area contributed by atoms with Gasteiger partial charge >= 0.3 is 0 Å². The third-order valence-corrected chi connectivity index (χ3v) is 19.3. The number of nitrogens with zero attached hydrogens (tertiary/aromatic N) is 8. The standard InChI is InChI=1S/C54H47N11O9S6/c1-24-40(69)17-65-44(24)53-63-38(23-79-53)51-60-35(20-78-51)43-30(12-13-32(57-43)50-56-28(18-66)19-75-50)48-61-36(21-76-48)46(72)58-33(16-41(55)70)52-64-42(25(2)80-52)39(68)15-31(45(71)27-6-4-3-5-7-27)49-62-37(22-77-49)47(73)59-34(54(65)74)14-26-8-10-29(67)11-9-26/h3-13,19-24,31,33-34,40,44-45,66-67,69,71H,14-18H2,1-2H3,(H2,55,70)(H,58,72)(H,59,73)/t24-,31-,33-,34-,40-,44-,45+/m0/s1. The summed E-state index contributed by atoms with van der Waals surface area (Å²) in [6, 6.07) is 15.5. The molecule has 2 aliphatic rings. The molecule has 0 saturated carbocycles. The van der Waals surface area contributed by atoms with E-state index in [-0.39, 0.29) is 65.3 Å². The fourth-order valence-corrected chi connectivity index (χ4v) is 15.0. The molecule has 0 radical (unpaired) electrons. The average molecular weight is 1190 g/mol. The highest BCUT2D eigenvalue weighted by Gasteiger charge is 2.45. The maximum absolute atomic E-state index is 15.1. The average Bonchev–Trinajstić information content (AvgIpc) is 4.36. The lowest BCUT2D eigenvalue weighted by molar-refractivity contribution is -0.134. The van der Waals surface area contributed by atoms with Crippen molar-refractivity contribution >= 4 is 97.4 Å². The molecule has 2 aromatic carbocycles. The summed E-state index contributed by atoms with van der Waals surface area (Å²) in [6.07, 6.45) is -2.93. The van der Waals surface area contributed by atoms with Gasteiger partial charge < -0.3 is 41.7 Å². The number of aliphatic hydroxyl groups is 3. The minimum Gasteiger partial charge on any atom is -0.508 e. The number of aryl methyl sites for hydroxylation is 1. The van der Waals surface area contributed by atoms with Crippen molar-refractivity contribution in [3.63, 3.8) is 0 Å². The van der Waals surface area contributed by atoms with Gasteiger partial charge in [-0.25, -0.2) is 34.9 Å². The van der Waals surface area contributed by atoms with Gasteiger partial charge in [-0.15, -0.1) is 68.0 Å². The molecule has 7 atom stereocenters. The molecule has 0 aliphatic carbocycles. The Hall–Kier alpha value is -7.40. The monoisotopic (exact) mass is 1190 g/mol. The van der Waals surface area contributed by atoms with Gasteiger partial charge in [-0.1, -0.05) is 49.4 Å². The van der Waals surface area contributed by atoms with Crippen LogP contribution >= 0.6 is 68.0 Å². The van der Waals surface area contributed by atoms with Crippen molar-refractivity contribution in [2.45, 2.75) is 76.0 Å². The van der Waals surface area contributed by atoms with Crippen LogP contribution < -0.4 is 16.4 Å². The number of fused-ring (bicyclic) bond motifs is 16. The molecule has 1 saturated heterocycles. The molecule has 7 aromatic heterocycles. The number of aromatic nitrogens is 7. The number of amides is 4. The molecule has 2 aliphatic heterocycles. The van der Waals surface area contributed by atoms with E-state index in [9.17, 15) is 39.6 Å². The molecule has 20 nitrogen and oxygen atoms in total. The van der Waals surface area contributed by atoms with E-state index in [1.807, 2.05) is 17.7 Å². The molecular weight excluding hydrogens is 1140 g/mol. The number of aliphatic hydroxyl groups excluding tert-OH is 3. The molecule has 80 heavy (non-hydrogen) atoms. The summed E-state index contributed by atoms with van der Waals surface area (Å²) in [6.45, 7) is 3.19. The Morgan fingerprint density at radius 2 is 1.36 bits per heavy atom. The van der Waals surface area contributed by atoms with Crippen LogP contribution in [-0.4, -0.2) is 108 Å². The van der Waals surface area contributed by atoms with Crippen molar-refractivity contribution in [1.82, 2.24) is 50.4 Å². The van der Waals surface area contributed by atoms with E-state index >= 15 is 4.79 Å². The van der Waals surface area contributed by atoms with Gasteiger partial charge in [-0.2, -0.15) is 0 Å². The zero-order valence-electron chi connectivity index (χ0n) is 42.2. The van der Waals surface area contributed by atoms with Crippen LogP contribution in [0.5, 0.6) is 5.75 Å². The number of pyridine rings is 1. The molecule has 26 heteroatoms.